The number of hydrogen-bond acceptors (Lipinski definition) is 6. The highest BCUT2D eigenvalue weighted by Gasteiger charge is 2.19. The first-order chi connectivity index (χ1) is 14.9. The average Bonchev–Trinajstić information content (AvgIpc) is 2.75. The number of hydrogen-bond donors (Lipinski definition) is 2. The Bertz CT molecular complexity index is 1150. The van der Waals surface area contributed by atoms with Gasteiger partial charge in [-0.3, -0.25) is 10.1 Å². The van der Waals surface area contributed by atoms with E-state index in [-0.39, 0.29) is 23.0 Å². The van der Waals surface area contributed by atoms with E-state index in [0.717, 1.165) is 0 Å². The van der Waals surface area contributed by atoms with E-state index in [0.29, 0.717) is 22.1 Å². The molecule has 0 bridgehead atoms. The second kappa shape index (κ2) is 10.3. The number of halogens is 2. The maximum absolute atomic E-state index is 12.4. The quantitative estimate of drug-likeness (QED) is 0.443. The van der Waals surface area contributed by atoms with Crippen molar-refractivity contribution >= 4 is 61.7 Å². The Kier molecular flexibility index (Phi) is 7.54. The van der Waals surface area contributed by atoms with Gasteiger partial charge in [-0.25, -0.2) is 9.59 Å². The smallest absolute Gasteiger partial charge is 0.412 e. The van der Waals surface area contributed by atoms with E-state index in [1.807, 2.05) is 0 Å². The van der Waals surface area contributed by atoms with Crippen molar-refractivity contribution in [3.8, 4) is 5.95 Å². The van der Waals surface area contributed by atoms with Gasteiger partial charge in [0.15, 0.2) is 6.10 Å². The van der Waals surface area contributed by atoms with Crippen LogP contribution in [0, 0.1) is 0 Å². The molecule has 0 unspecified atom stereocenters. The van der Waals surface area contributed by atoms with Crippen molar-refractivity contribution in [2.24, 2.45) is 0 Å². The number of benzene rings is 2. The lowest BCUT2D eigenvalue weighted by atomic mass is 10.1. The van der Waals surface area contributed by atoms with E-state index in [2.05, 4.69) is 26.6 Å². The molecule has 3 aromatic rings. The summed E-state index contributed by atoms with van der Waals surface area (Å²) in [5, 5.41) is 6.41. The van der Waals surface area contributed by atoms with Crippen molar-refractivity contribution < 1.29 is 23.5 Å². The van der Waals surface area contributed by atoms with Gasteiger partial charge in [-0.1, -0.05) is 51.8 Å². The number of fused-ring (bicyclic) bond motifs is 1. The van der Waals surface area contributed by atoms with Gasteiger partial charge in [0, 0.05) is 22.1 Å². The van der Waals surface area contributed by atoms with Crippen LogP contribution in [0.3, 0.4) is 0 Å². The highest BCUT2D eigenvalue weighted by molar-refractivity contribution is 9.09. The summed E-state index contributed by atoms with van der Waals surface area (Å²) in [5.41, 5.74) is 0.193. The number of para-hydroxylation sites is 1. The number of anilines is 2. The summed E-state index contributed by atoms with van der Waals surface area (Å²) in [6.07, 6.45) is -1.85. The predicted octanol–water partition coefficient (Wildman–Crippen LogP) is 4.80. The third-order valence-electron chi connectivity index (χ3n) is 4.09. The summed E-state index contributed by atoms with van der Waals surface area (Å²) in [6, 6.07) is 13.3. The Morgan fingerprint density at radius 2 is 1.84 bits per heavy atom. The number of alkyl halides is 1. The maximum Gasteiger partial charge on any atom is 0.412 e. The van der Waals surface area contributed by atoms with Crippen LogP contribution in [0.1, 0.15) is 6.92 Å². The Balaban J connectivity index is 1.69. The van der Waals surface area contributed by atoms with E-state index in [1.54, 1.807) is 42.5 Å². The van der Waals surface area contributed by atoms with Gasteiger partial charge in [0.05, 0.1) is 5.39 Å². The summed E-state index contributed by atoms with van der Waals surface area (Å²) < 4.78 is 15.5. The number of carbonyl (C=O) groups excluding carboxylic acids is 2. The highest BCUT2D eigenvalue weighted by atomic mass is 79.9. The van der Waals surface area contributed by atoms with Crippen LogP contribution in [-0.4, -0.2) is 30.0 Å². The minimum atomic E-state index is -1.08. The molecule has 1 heterocycles. The first-order valence-electron chi connectivity index (χ1n) is 9.17. The third kappa shape index (κ3) is 5.77. The van der Waals surface area contributed by atoms with E-state index >= 15 is 0 Å². The number of amides is 2. The Labute approximate surface area is 190 Å². The molecule has 8 nitrogen and oxygen atoms in total. The van der Waals surface area contributed by atoms with Crippen LogP contribution in [0.5, 0.6) is 5.95 Å². The molecule has 0 aliphatic carbocycles. The minimum absolute atomic E-state index is 0.0677. The van der Waals surface area contributed by atoms with Crippen molar-refractivity contribution in [2.75, 3.05) is 22.6 Å². The molecule has 0 saturated heterocycles. The summed E-state index contributed by atoms with van der Waals surface area (Å²) in [4.78, 5) is 36.6. The SMILES string of the molecule is C[C@H](OC(=O)Nc1ccccc1)C(=O)Nc1ccc2c(Cl)c(OCCBr)oc(=O)c2c1. The van der Waals surface area contributed by atoms with Crippen LogP contribution < -0.4 is 21.0 Å². The van der Waals surface area contributed by atoms with Crippen molar-refractivity contribution in [3.05, 3.63) is 64.0 Å². The summed E-state index contributed by atoms with van der Waals surface area (Å²) in [7, 11) is 0. The standard InChI is InChI=1S/C21H18BrClN2O6/c1-12(30-21(28)25-13-5-3-2-4-6-13)18(26)24-14-7-8-15-16(11-14)19(27)31-20(17(15)23)29-10-9-22/h2-8,11-12H,9-10H2,1H3,(H,24,26)(H,25,28)/t12-/m0/s1. The van der Waals surface area contributed by atoms with E-state index in [4.69, 9.17) is 25.5 Å². The van der Waals surface area contributed by atoms with Crippen LogP contribution in [0.2, 0.25) is 5.02 Å². The molecule has 0 saturated carbocycles. The number of carbonyl (C=O) groups is 2. The van der Waals surface area contributed by atoms with Gasteiger partial charge in [-0.05, 0) is 31.2 Å². The monoisotopic (exact) mass is 508 g/mol. The number of nitrogens with one attached hydrogen (secondary N) is 2. The average molecular weight is 510 g/mol. The fourth-order valence-electron chi connectivity index (χ4n) is 2.63. The van der Waals surface area contributed by atoms with E-state index < -0.39 is 23.7 Å². The second-order valence-corrected chi connectivity index (χ2v) is 7.49. The molecular formula is C21H18BrClN2O6. The molecule has 2 N–H and O–H groups in total. The Morgan fingerprint density at radius 3 is 2.55 bits per heavy atom. The van der Waals surface area contributed by atoms with Gasteiger partial charge in [0.1, 0.15) is 11.6 Å². The van der Waals surface area contributed by atoms with Crippen LogP contribution >= 0.6 is 27.5 Å². The third-order valence-corrected chi connectivity index (χ3v) is 4.77. The lowest BCUT2D eigenvalue weighted by Crippen LogP contribution is -2.31. The van der Waals surface area contributed by atoms with E-state index in [9.17, 15) is 14.4 Å². The lowest BCUT2D eigenvalue weighted by Gasteiger charge is -2.14. The fourth-order valence-corrected chi connectivity index (χ4v) is 3.05. The van der Waals surface area contributed by atoms with Gasteiger partial charge in [0.2, 0.25) is 0 Å². The van der Waals surface area contributed by atoms with Gasteiger partial charge in [-0.2, -0.15) is 0 Å². The van der Waals surface area contributed by atoms with Crippen LogP contribution in [0.4, 0.5) is 16.2 Å². The van der Waals surface area contributed by atoms with Crippen molar-refractivity contribution in [1.82, 2.24) is 0 Å². The lowest BCUT2D eigenvalue weighted by molar-refractivity contribution is -0.123. The van der Waals surface area contributed by atoms with Crippen LogP contribution in [0.25, 0.3) is 10.8 Å². The normalized spacial score (nSPS) is 11.6. The zero-order chi connectivity index (χ0) is 22.4. The van der Waals surface area contributed by atoms with Crippen LogP contribution in [0.15, 0.2) is 57.7 Å². The molecular weight excluding hydrogens is 492 g/mol. The molecule has 1 aromatic heterocycles. The van der Waals surface area contributed by atoms with Gasteiger partial charge >= 0.3 is 17.7 Å². The van der Waals surface area contributed by atoms with Crippen molar-refractivity contribution in [3.63, 3.8) is 0 Å². The second-order valence-electron chi connectivity index (χ2n) is 6.32. The summed E-state index contributed by atoms with van der Waals surface area (Å²) >= 11 is 9.47. The van der Waals surface area contributed by atoms with Gasteiger partial charge < -0.3 is 19.2 Å². The molecule has 0 aliphatic rings. The Morgan fingerprint density at radius 1 is 1.10 bits per heavy atom. The van der Waals surface area contributed by atoms with E-state index in [1.165, 1.54) is 13.0 Å². The maximum atomic E-state index is 12.4. The molecule has 0 fully saturated rings. The van der Waals surface area contributed by atoms with Gasteiger partial charge in [0.25, 0.3) is 5.91 Å². The number of rotatable bonds is 7. The zero-order valence-electron chi connectivity index (χ0n) is 16.3. The topological polar surface area (TPSA) is 107 Å². The molecule has 162 valence electrons. The highest BCUT2D eigenvalue weighted by Crippen LogP contribution is 2.32. The Hall–Kier alpha value is -3.04. The molecule has 2 amide bonds. The van der Waals surface area contributed by atoms with Gasteiger partial charge in [-0.15, -0.1) is 0 Å². The molecule has 1 atom stereocenters. The minimum Gasteiger partial charge on any atom is -0.463 e. The molecule has 0 spiro atoms. The zero-order valence-corrected chi connectivity index (χ0v) is 18.7. The number of ether oxygens (including phenoxy) is 2. The molecule has 3 rings (SSSR count). The summed E-state index contributed by atoms with van der Waals surface area (Å²) in [6.45, 7) is 1.71. The largest absolute Gasteiger partial charge is 0.463 e. The van der Waals surface area contributed by atoms with Crippen LogP contribution in [-0.2, 0) is 9.53 Å². The fraction of sp³-hybridized carbons (Fsp3) is 0.190. The van der Waals surface area contributed by atoms with Crippen molar-refractivity contribution in [1.29, 1.82) is 0 Å². The predicted molar refractivity (Wildman–Crippen MR) is 121 cm³/mol. The summed E-state index contributed by atoms with van der Waals surface area (Å²) in [5.74, 6) is -0.642. The molecule has 31 heavy (non-hydrogen) atoms. The molecule has 2 aromatic carbocycles. The first-order valence-corrected chi connectivity index (χ1v) is 10.7. The van der Waals surface area contributed by atoms with Crippen molar-refractivity contribution in [2.45, 2.75) is 13.0 Å². The molecule has 10 heteroatoms. The first kappa shape index (κ1) is 22.6. The molecule has 0 aliphatic heterocycles. The molecule has 0 radical (unpaired) electrons.